The van der Waals surface area contributed by atoms with Gasteiger partial charge in [-0.05, 0) is 43.9 Å². The van der Waals surface area contributed by atoms with Gasteiger partial charge in [0.2, 0.25) is 0 Å². The molecule has 0 fully saturated rings. The van der Waals surface area contributed by atoms with E-state index < -0.39 is 0 Å². The number of rotatable bonds is 10. The van der Waals surface area contributed by atoms with Gasteiger partial charge in [0.25, 0.3) is 0 Å². The van der Waals surface area contributed by atoms with Crippen LogP contribution in [0.1, 0.15) is 36.6 Å². The number of urea groups is 1. The van der Waals surface area contributed by atoms with Crippen LogP contribution < -0.4 is 10.6 Å². The molecule has 0 aliphatic carbocycles. The minimum atomic E-state index is -0.138. The highest BCUT2D eigenvalue weighted by atomic mass is 16.2. The van der Waals surface area contributed by atoms with Crippen LogP contribution in [-0.2, 0) is 13.1 Å². The summed E-state index contributed by atoms with van der Waals surface area (Å²) in [6, 6.07) is 18.6. The molecule has 0 bridgehead atoms. The van der Waals surface area contributed by atoms with Gasteiger partial charge in [0.15, 0.2) is 0 Å². The van der Waals surface area contributed by atoms with E-state index in [9.17, 15) is 4.79 Å². The molecule has 28 heavy (non-hydrogen) atoms. The summed E-state index contributed by atoms with van der Waals surface area (Å²) >= 11 is 0. The Morgan fingerprint density at radius 3 is 2.11 bits per heavy atom. The number of amides is 2. The molecule has 0 radical (unpaired) electrons. The van der Waals surface area contributed by atoms with Gasteiger partial charge in [-0.15, -0.1) is 0 Å². The monoisotopic (exact) mass is 382 g/mol. The van der Waals surface area contributed by atoms with Gasteiger partial charge < -0.3 is 15.5 Å². The maximum absolute atomic E-state index is 12.4. The van der Waals surface area contributed by atoms with Crippen molar-refractivity contribution in [3.63, 3.8) is 0 Å². The van der Waals surface area contributed by atoms with E-state index in [1.54, 1.807) is 0 Å². The molecule has 2 rings (SSSR count). The van der Waals surface area contributed by atoms with E-state index in [-0.39, 0.29) is 12.1 Å². The summed E-state index contributed by atoms with van der Waals surface area (Å²) in [7, 11) is 4.06. The van der Waals surface area contributed by atoms with Crippen molar-refractivity contribution in [1.82, 2.24) is 20.4 Å². The van der Waals surface area contributed by atoms with Crippen LogP contribution in [0.4, 0.5) is 4.79 Å². The zero-order valence-electron chi connectivity index (χ0n) is 17.6. The predicted octanol–water partition coefficient (Wildman–Crippen LogP) is 3.63. The summed E-state index contributed by atoms with van der Waals surface area (Å²) in [6.45, 7) is 8.38. The van der Waals surface area contributed by atoms with Crippen molar-refractivity contribution in [1.29, 1.82) is 0 Å². The van der Waals surface area contributed by atoms with E-state index in [1.165, 1.54) is 11.1 Å². The van der Waals surface area contributed by atoms with Crippen molar-refractivity contribution in [3.05, 3.63) is 71.3 Å². The number of hydrogen-bond donors (Lipinski definition) is 2. The zero-order chi connectivity index (χ0) is 20.4. The fourth-order valence-electron chi connectivity index (χ4n) is 3.27. The Balaban J connectivity index is 1.90. The van der Waals surface area contributed by atoms with Crippen molar-refractivity contribution in [2.24, 2.45) is 0 Å². The molecule has 2 aromatic carbocycles. The molecule has 0 spiro atoms. The number of carbonyl (C=O) groups is 1. The van der Waals surface area contributed by atoms with Crippen LogP contribution in [0.25, 0.3) is 0 Å². The SMILES string of the molecule is CCN(CC)Cc1ccccc1CNC(=O)NCC(c1ccccc1)N(C)C. The second kappa shape index (κ2) is 11.5. The van der Waals surface area contributed by atoms with Crippen molar-refractivity contribution in [2.45, 2.75) is 33.0 Å². The summed E-state index contributed by atoms with van der Waals surface area (Å²) in [5.41, 5.74) is 3.62. The van der Waals surface area contributed by atoms with E-state index >= 15 is 0 Å². The average molecular weight is 383 g/mol. The zero-order valence-corrected chi connectivity index (χ0v) is 17.6. The molecule has 0 heterocycles. The quantitative estimate of drug-likeness (QED) is 0.660. The van der Waals surface area contributed by atoms with Gasteiger partial charge >= 0.3 is 6.03 Å². The molecule has 5 nitrogen and oxygen atoms in total. The third kappa shape index (κ3) is 6.66. The normalized spacial score (nSPS) is 12.2. The summed E-state index contributed by atoms with van der Waals surface area (Å²) in [5, 5.41) is 6.02. The fraction of sp³-hybridized carbons (Fsp3) is 0.435. The van der Waals surface area contributed by atoms with Gasteiger partial charge in [-0.1, -0.05) is 68.4 Å². The highest BCUT2D eigenvalue weighted by Crippen LogP contribution is 2.16. The molecular weight excluding hydrogens is 348 g/mol. The van der Waals surface area contributed by atoms with Crippen LogP contribution in [0, 0.1) is 0 Å². The molecule has 0 saturated carbocycles. The number of nitrogens with one attached hydrogen (secondary N) is 2. The molecule has 1 atom stereocenters. The lowest BCUT2D eigenvalue weighted by Gasteiger charge is -2.25. The van der Waals surface area contributed by atoms with E-state index in [1.807, 2.05) is 38.4 Å². The third-order valence-corrected chi connectivity index (χ3v) is 5.11. The highest BCUT2D eigenvalue weighted by Gasteiger charge is 2.15. The van der Waals surface area contributed by atoms with Gasteiger partial charge in [-0.3, -0.25) is 4.90 Å². The van der Waals surface area contributed by atoms with E-state index in [2.05, 4.69) is 64.6 Å². The van der Waals surface area contributed by atoms with Crippen molar-refractivity contribution in [2.75, 3.05) is 33.7 Å². The summed E-state index contributed by atoms with van der Waals surface area (Å²) < 4.78 is 0. The maximum atomic E-state index is 12.4. The second-order valence-corrected chi connectivity index (χ2v) is 7.18. The number of hydrogen-bond acceptors (Lipinski definition) is 3. The van der Waals surface area contributed by atoms with Crippen molar-refractivity contribution < 1.29 is 4.79 Å². The lowest BCUT2D eigenvalue weighted by molar-refractivity contribution is 0.232. The van der Waals surface area contributed by atoms with Gasteiger partial charge in [-0.25, -0.2) is 4.79 Å². The number of benzene rings is 2. The fourth-order valence-corrected chi connectivity index (χ4v) is 3.27. The molecule has 0 saturated heterocycles. The van der Waals surface area contributed by atoms with Crippen LogP contribution in [0.2, 0.25) is 0 Å². The van der Waals surface area contributed by atoms with E-state index in [0.717, 1.165) is 25.2 Å². The summed E-state index contributed by atoms with van der Waals surface area (Å²) in [6.07, 6.45) is 0. The molecule has 0 aromatic heterocycles. The van der Waals surface area contributed by atoms with Crippen molar-refractivity contribution >= 4 is 6.03 Å². The lowest BCUT2D eigenvalue weighted by Crippen LogP contribution is -2.40. The van der Waals surface area contributed by atoms with Gasteiger partial charge in [0, 0.05) is 19.6 Å². The van der Waals surface area contributed by atoms with Crippen LogP contribution in [0.15, 0.2) is 54.6 Å². The molecule has 0 aliphatic heterocycles. The third-order valence-electron chi connectivity index (χ3n) is 5.11. The average Bonchev–Trinajstić information content (AvgIpc) is 2.71. The number of carbonyl (C=O) groups excluding carboxylic acids is 1. The largest absolute Gasteiger partial charge is 0.336 e. The minimum Gasteiger partial charge on any atom is -0.336 e. The first-order valence-electron chi connectivity index (χ1n) is 10.1. The molecule has 0 aliphatic rings. The van der Waals surface area contributed by atoms with E-state index in [0.29, 0.717) is 13.1 Å². The summed E-state index contributed by atoms with van der Waals surface area (Å²) in [4.78, 5) is 16.9. The Morgan fingerprint density at radius 2 is 1.50 bits per heavy atom. The molecular formula is C23H34N4O. The Kier molecular flexibility index (Phi) is 8.98. The Bertz CT molecular complexity index is 714. The van der Waals surface area contributed by atoms with Crippen LogP contribution in [-0.4, -0.2) is 49.6 Å². The van der Waals surface area contributed by atoms with Gasteiger partial charge in [0.1, 0.15) is 0 Å². The minimum absolute atomic E-state index is 0.138. The Labute approximate surface area is 169 Å². The van der Waals surface area contributed by atoms with E-state index in [4.69, 9.17) is 0 Å². The number of likely N-dealkylation sites (N-methyl/N-ethyl adjacent to an activating group) is 1. The van der Waals surface area contributed by atoms with Crippen LogP contribution in [0.5, 0.6) is 0 Å². The van der Waals surface area contributed by atoms with Crippen molar-refractivity contribution in [3.8, 4) is 0 Å². The number of nitrogens with zero attached hydrogens (tertiary/aromatic N) is 2. The molecule has 2 aromatic rings. The first-order chi connectivity index (χ1) is 13.5. The second-order valence-electron chi connectivity index (χ2n) is 7.18. The molecule has 5 heteroatoms. The van der Waals surface area contributed by atoms with Crippen LogP contribution >= 0.6 is 0 Å². The lowest BCUT2D eigenvalue weighted by atomic mass is 10.1. The molecule has 1 unspecified atom stereocenters. The van der Waals surface area contributed by atoms with Gasteiger partial charge in [0.05, 0.1) is 6.04 Å². The summed E-state index contributed by atoms with van der Waals surface area (Å²) in [5.74, 6) is 0. The molecule has 2 amide bonds. The molecule has 2 N–H and O–H groups in total. The smallest absolute Gasteiger partial charge is 0.315 e. The Hall–Kier alpha value is -2.37. The predicted molar refractivity (Wildman–Crippen MR) is 116 cm³/mol. The molecule has 152 valence electrons. The van der Waals surface area contributed by atoms with Crippen LogP contribution in [0.3, 0.4) is 0 Å². The first-order valence-corrected chi connectivity index (χ1v) is 10.1. The topological polar surface area (TPSA) is 47.6 Å². The first kappa shape index (κ1) is 21.9. The Morgan fingerprint density at radius 1 is 0.893 bits per heavy atom. The van der Waals surface area contributed by atoms with Gasteiger partial charge in [-0.2, -0.15) is 0 Å². The standard InChI is InChI=1S/C23H34N4O/c1-5-27(6-2)18-21-15-11-10-14-20(21)16-24-23(28)25-17-22(26(3)4)19-12-8-7-9-13-19/h7-15,22H,5-6,16-18H2,1-4H3,(H2,24,25,28). The maximum Gasteiger partial charge on any atom is 0.315 e. The highest BCUT2D eigenvalue weighted by molar-refractivity contribution is 5.73.